The molecule has 2 unspecified atom stereocenters. The highest BCUT2D eigenvalue weighted by atomic mass is 32.1. The maximum Gasteiger partial charge on any atom is 0.0942 e. The van der Waals surface area contributed by atoms with Crippen molar-refractivity contribution in [2.24, 2.45) is 0 Å². The molecule has 94 valence electrons. The molecule has 18 heavy (non-hydrogen) atoms. The third kappa shape index (κ3) is 2.29. The van der Waals surface area contributed by atoms with Crippen molar-refractivity contribution in [3.8, 4) is 0 Å². The fourth-order valence-corrected chi connectivity index (χ4v) is 2.81. The molecular weight excluding hydrogens is 248 g/mol. The van der Waals surface area contributed by atoms with E-state index >= 15 is 0 Å². The van der Waals surface area contributed by atoms with Gasteiger partial charge in [-0.1, -0.05) is 28.8 Å². The maximum atomic E-state index is 10.1. The molecule has 4 nitrogen and oxygen atoms in total. The average Bonchev–Trinajstić information content (AvgIpc) is 2.93. The Hall–Kier alpha value is -1.30. The van der Waals surface area contributed by atoms with E-state index in [1.54, 1.807) is 6.20 Å². The number of hydrogen-bond acceptors (Lipinski definition) is 5. The summed E-state index contributed by atoms with van der Waals surface area (Å²) in [6, 6.07) is 8.27. The minimum absolute atomic E-state index is 0.0351. The third-order valence-electron chi connectivity index (χ3n) is 3.24. The van der Waals surface area contributed by atoms with E-state index in [0.29, 0.717) is 6.42 Å². The summed E-state index contributed by atoms with van der Waals surface area (Å²) in [5.41, 5.74) is 2.52. The molecule has 3 rings (SSSR count). The molecule has 1 aliphatic rings. The molecule has 1 N–H and O–H groups in total. The molecule has 0 bridgehead atoms. The lowest BCUT2D eigenvalue weighted by Crippen LogP contribution is -2.18. The second-order valence-electron chi connectivity index (χ2n) is 4.38. The third-order valence-corrected chi connectivity index (χ3v) is 4.00. The summed E-state index contributed by atoms with van der Waals surface area (Å²) in [5.74, 6) is 0. The molecule has 2 heterocycles. The van der Waals surface area contributed by atoms with Gasteiger partial charge in [0, 0.05) is 6.42 Å². The molecule has 2 atom stereocenters. The van der Waals surface area contributed by atoms with Crippen LogP contribution in [0.1, 0.15) is 34.6 Å². The fraction of sp³-hybridized carbons (Fsp3) is 0.385. The van der Waals surface area contributed by atoms with Crippen LogP contribution in [0.5, 0.6) is 0 Å². The number of rotatable bonds is 3. The Kier molecular flexibility index (Phi) is 3.36. The zero-order valence-electron chi connectivity index (χ0n) is 9.82. The normalized spacial score (nSPS) is 20.4. The van der Waals surface area contributed by atoms with Crippen LogP contribution in [0.25, 0.3) is 0 Å². The average molecular weight is 262 g/mol. The van der Waals surface area contributed by atoms with Gasteiger partial charge in [-0.25, -0.2) is 0 Å². The molecule has 0 amide bonds. The lowest BCUT2D eigenvalue weighted by Gasteiger charge is -2.27. The second kappa shape index (κ2) is 5.14. The number of aliphatic hydroxyl groups excluding tert-OH is 1. The van der Waals surface area contributed by atoms with Gasteiger partial charge in [-0.2, -0.15) is 0 Å². The molecular formula is C13H14N2O2S. The molecule has 0 radical (unpaired) electrons. The Labute approximate surface area is 109 Å². The van der Waals surface area contributed by atoms with E-state index in [0.717, 1.165) is 17.9 Å². The summed E-state index contributed by atoms with van der Waals surface area (Å²) >= 11 is 1.23. The van der Waals surface area contributed by atoms with Gasteiger partial charge in [-0.05, 0) is 29.1 Å². The number of aliphatic hydroxyl groups is 1. The van der Waals surface area contributed by atoms with Crippen molar-refractivity contribution in [1.29, 1.82) is 0 Å². The molecule has 0 fully saturated rings. The number of ether oxygens (including phenoxy) is 1. The van der Waals surface area contributed by atoms with E-state index in [1.165, 1.54) is 22.7 Å². The first-order valence-electron chi connectivity index (χ1n) is 5.99. The Morgan fingerprint density at radius 2 is 2.33 bits per heavy atom. The van der Waals surface area contributed by atoms with Gasteiger partial charge in [-0.3, -0.25) is 0 Å². The molecule has 0 aliphatic carbocycles. The first-order valence-corrected chi connectivity index (χ1v) is 6.76. The van der Waals surface area contributed by atoms with Crippen LogP contribution in [0.3, 0.4) is 0 Å². The topological polar surface area (TPSA) is 55.2 Å². The van der Waals surface area contributed by atoms with E-state index < -0.39 is 6.10 Å². The highest BCUT2D eigenvalue weighted by Gasteiger charge is 2.24. The van der Waals surface area contributed by atoms with Crippen molar-refractivity contribution in [3.63, 3.8) is 0 Å². The largest absolute Gasteiger partial charge is 0.387 e. The second-order valence-corrected chi connectivity index (χ2v) is 5.20. The van der Waals surface area contributed by atoms with Crippen LogP contribution in [0.4, 0.5) is 0 Å². The Morgan fingerprint density at radius 3 is 3.17 bits per heavy atom. The van der Waals surface area contributed by atoms with Gasteiger partial charge in [-0.15, -0.1) is 5.10 Å². The van der Waals surface area contributed by atoms with Crippen LogP contribution in [0.15, 0.2) is 30.5 Å². The fourth-order valence-electron chi connectivity index (χ4n) is 2.31. The van der Waals surface area contributed by atoms with Gasteiger partial charge in [0.1, 0.15) is 0 Å². The summed E-state index contributed by atoms with van der Waals surface area (Å²) in [6.45, 7) is 0.718. The lowest BCUT2D eigenvalue weighted by atomic mass is 9.94. The van der Waals surface area contributed by atoms with Gasteiger partial charge in [0.15, 0.2) is 0 Å². The summed E-state index contributed by atoms with van der Waals surface area (Å²) in [6.07, 6.45) is 2.53. The first-order chi connectivity index (χ1) is 8.84. The highest BCUT2D eigenvalue weighted by Crippen LogP contribution is 2.34. The van der Waals surface area contributed by atoms with E-state index in [1.807, 2.05) is 12.1 Å². The minimum Gasteiger partial charge on any atom is -0.387 e. The lowest BCUT2D eigenvalue weighted by molar-refractivity contribution is 0.00453. The number of hydrogen-bond donors (Lipinski definition) is 1. The zero-order chi connectivity index (χ0) is 12.4. The van der Waals surface area contributed by atoms with Crippen LogP contribution in [-0.2, 0) is 11.2 Å². The minimum atomic E-state index is -0.554. The molecule has 1 aromatic carbocycles. The van der Waals surface area contributed by atoms with Gasteiger partial charge >= 0.3 is 0 Å². The van der Waals surface area contributed by atoms with Crippen molar-refractivity contribution in [3.05, 3.63) is 46.5 Å². The molecule has 1 aliphatic heterocycles. The van der Waals surface area contributed by atoms with Crippen LogP contribution in [0, 0.1) is 0 Å². The molecule has 0 saturated heterocycles. The Bertz CT molecular complexity index is 515. The van der Waals surface area contributed by atoms with E-state index in [4.69, 9.17) is 4.74 Å². The highest BCUT2D eigenvalue weighted by molar-refractivity contribution is 7.05. The standard InChI is InChI=1S/C13H14N2O2S/c16-11(13-8-14-15-18-13)7-12-10-4-2-1-3-9(10)5-6-17-12/h1-4,8,11-12,16H,5-7H2. The van der Waals surface area contributed by atoms with Crippen molar-refractivity contribution < 1.29 is 9.84 Å². The number of aromatic nitrogens is 2. The van der Waals surface area contributed by atoms with Crippen LogP contribution < -0.4 is 0 Å². The monoisotopic (exact) mass is 262 g/mol. The van der Waals surface area contributed by atoms with E-state index in [9.17, 15) is 5.11 Å². The molecule has 0 spiro atoms. The van der Waals surface area contributed by atoms with Crippen molar-refractivity contribution in [2.45, 2.75) is 25.0 Å². The predicted octanol–water partition coefficient (Wildman–Crippen LogP) is 2.28. The van der Waals surface area contributed by atoms with Crippen LogP contribution in [0.2, 0.25) is 0 Å². The van der Waals surface area contributed by atoms with Crippen LogP contribution >= 0.6 is 11.5 Å². The predicted molar refractivity (Wildman–Crippen MR) is 68.3 cm³/mol. The van der Waals surface area contributed by atoms with Gasteiger partial charge in [0.05, 0.1) is 29.9 Å². The Morgan fingerprint density at radius 1 is 1.44 bits per heavy atom. The molecule has 1 aromatic heterocycles. The number of benzene rings is 1. The quantitative estimate of drug-likeness (QED) is 0.922. The summed E-state index contributed by atoms with van der Waals surface area (Å²) in [7, 11) is 0. The molecule has 0 saturated carbocycles. The van der Waals surface area contributed by atoms with Crippen molar-refractivity contribution >= 4 is 11.5 Å². The zero-order valence-corrected chi connectivity index (χ0v) is 10.6. The van der Waals surface area contributed by atoms with E-state index in [2.05, 4.69) is 21.7 Å². The van der Waals surface area contributed by atoms with Crippen molar-refractivity contribution in [1.82, 2.24) is 9.59 Å². The first kappa shape index (κ1) is 11.8. The van der Waals surface area contributed by atoms with Gasteiger partial charge in [0.2, 0.25) is 0 Å². The SMILES string of the molecule is OC(CC1OCCc2ccccc21)c1cnns1. The van der Waals surface area contributed by atoms with Crippen LogP contribution in [-0.4, -0.2) is 21.3 Å². The van der Waals surface area contributed by atoms with E-state index in [-0.39, 0.29) is 6.10 Å². The smallest absolute Gasteiger partial charge is 0.0942 e. The number of nitrogens with zero attached hydrogens (tertiary/aromatic N) is 2. The molecule has 2 aromatic rings. The van der Waals surface area contributed by atoms with Gasteiger partial charge < -0.3 is 9.84 Å². The number of fused-ring (bicyclic) bond motifs is 1. The summed E-state index contributed by atoms with van der Waals surface area (Å²) in [4.78, 5) is 0.793. The molecule has 5 heteroatoms. The van der Waals surface area contributed by atoms with Gasteiger partial charge in [0.25, 0.3) is 0 Å². The van der Waals surface area contributed by atoms with Crippen molar-refractivity contribution in [2.75, 3.05) is 6.61 Å². The summed E-state index contributed by atoms with van der Waals surface area (Å²) in [5, 5.41) is 13.9. The summed E-state index contributed by atoms with van der Waals surface area (Å²) < 4.78 is 9.55. The Balaban J connectivity index is 1.78. The maximum absolute atomic E-state index is 10.1.